The van der Waals surface area contributed by atoms with Crippen LogP contribution < -0.4 is 14.2 Å². The van der Waals surface area contributed by atoms with Crippen molar-refractivity contribution >= 4 is 5.91 Å². The summed E-state index contributed by atoms with van der Waals surface area (Å²) < 4.78 is 16.2. The molecule has 0 spiro atoms. The monoisotopic (exact) mass is 307 g/mol. The zero-order valence-corrected chi connectivity index (χ0v) is 14.1. The van der Waals surface area contributed by atoms with Crippen LogP contribution in [0.15, 0.2) is 18.7 Å². The molecule has 0 saturated heterocycles. The van der Waals surface area contributed by atoms with Crippen LogP contribution in [0.25, 0.3) is 0 Å². The highest BCUT2D eigenvalue weighted by Crippen LogP contribution is 2.42. The first-order valence-electron chi connectivity index (χ1n) is 7.31. The molecule has 1 amide bonds. The highest BCUT2D eigenvalue weighted by atomic mass is 16.5. The van der Waals surface area contributed by atoms with Gasteiger partial charge >= 0.3 is 0 Å². The van der Waals surface area contributed by atoms with Crippen LogP contribution in [0, 0.1) is 0 Å². The molecule has 0 radical (unpaired) electrons. The van der Waals surface area contributed by atoms with Crippen LogP contribution >= 0.6 is 0 Å². The Kier molecular flexibility index (Phi) is 6.76. The summed E-state index contributed by atoms with van der Waals surface area (Å²) in [6.07, 6.45) is 2.29. The summed E-state index contributed by atoms with van der Waals surface area (Å²) in [5.74, 6) is 1.27. The van der Waals surface area contributed by atoms with Gasteiger partial charge in [-0.2, -0.15) is 0 Å². The normalized spacial score (nSPS) is 10.0. The average Bonchev–Trinajstić information content (AvgIpc) is 2.54. The summed E-state index contributed by atoms with van der Waals surface area (Å²) in [6.45, 7) is 8.90. The lowest BCUT2D eigenvalue weighted by molar-refractivity contribution is 0.0767. The molecule has 5 heteroatoms. The van der Waals surface area contributed by atoms with Crippen molar-refractivity contribution in [1.82, 2.24) is 4.90 Å². The van der Waals surface area contributed by atoms with Gasteiger partial charge in [0.05, 0.1) is 26.9 Å². The molecular formula is C17H25NO4. The molecule has 1 rings (SSSR count). The van der Waals surface area contributed by atoms with Gasteiger partial charge in [0.1, 0.15) is 0 Å². The van der Waals surface area contributed by atoms with Gasteiger partial charge in [-0.15, -0.1) is 6.58 Å². The quantitative estimate of drug-likeness (QED) is 0.693. The second-order valence-corrected chi connectivity index (χ2v) is 4.65. The fraction of sp³-hybridized carbons (Fsp3) is 0.471. The van der Waals surface area contributed by atoms with Crippen LogP contribution in [0.1, 0.15) is 29.8 Å². The molecule has 0 aromatic heterocycles. The number of amides is 1. The first-order chi connectivity index (χ1) is 10.6. The number of carbonyl (C=O) groups is 1. The van der Waals surface area contributed by atoms with Gasteiger partial charge in [0.2, 0.25) is 5.75 Å². The van der Waals surface area contributed by atoms with E-state index in [9.17, 15) is 4.79 Å². The third kappa shape index (κ3) is 3.35. The fourth-order valence-corrected chi connectivity index (χ4v) is 2.43. The standard InChI is InChI=1S/C17H25NO4/c1-7-10-12-11-13(20-4)15(21-5)16(22-6)14(12)17(19)18(8-2)9-3/h7,11H,1,8-10H2,2-6H3. The molecule has 5 nitrogen and oxygen atoms in total. The Morgan fingerprint density at radius 1 is 1.14 bits per heavy atom. The van der Waals surface area contributed by atoms with Crippen molar-refractivity contribution in [1.29, 1.82) is 0 Å². The van der Waals surface area contributed by atoms with Crippen LogP contribution in [0.3, 0.4) is 0 Å². The molecule has 0 bridgehead atoms. The van der Waals surface area contributed by atoms with Crippen molar-refractivity contribution in [3.05, 3.63) is 29.8 Å². The fourth-order valence-electron chi connectivity index (χ4n) is 2.43. The van der Waals surface area contributed by atoms with E-state index in [0.29, 0.717) is 42.3 Å². The van der Waals surface area contributed by atoms with Crippen LogP contribution in [0.5, 0.6) is 17.2 Å². The number of ether oxygens (including phenoxy) is 3. The third-order valence-corrected chi connectivity index (χ3v) is 3.54. The summed E-state index contributed by atoms with van der Waals surface area (Å²) in [7, 11) is 4.61. The predicted molar refractivity (Wildman–Crippen MR) is 87.3 cm³/mol. The Morgan fingerprint density at radius 2 is 1.73 bits per heavy atom. The van der Waals surface area contributed by atoms with E-state index in [1.165, 1.54) is 14.2 Å². The molecule has 0 saturated carbocycles. The number of rotatable bonds is 8. The Hall–Kier alpha value is -2.17. The van der Waals surface area contributed by atoms with Gasteiger partial charge in [-0.25, -0.2) is 0 Å². The van der Waals surface area contributed by atoms with Crippen molar-refractivity contribution in [2.24, 2.45) is 0 Å². The number of nitrogens with zero attached hydrogens (tertiary/aromatic N) is 1. The lowest BCUT2D eigenvalue weighted by Gasteiger charge is -2.24. The predicted octanol–water partition coefficient (Wildman–Crippen LogP) is 2.92. The van der Waals surface area contributed by atoms with Gasteiger partial charge < -0.3 is 19.1 Å². The van der Waals surface area contributed by atoms with Gasteiger partial charge in [-0.05, 0) is 31.9 Å². The summed E-state index contributed by atoms with van der Waals surface area (Å²) in [4.78, 5) is 14.6. The zero-order chi connectivity index (χ0) is 16.7. The number of benzene rings is 1. The van der Waals surface area contributed by atoms with Crippen LogP contribution in [0.4, 0.5) is 0 Å². The first kappa shape index (κ1) is 17.9. The van der Waals surface area contributed by atoms with Crippen LogP contribution in [-0.4, -0.2) is 45.2 Å². The van der Waals surface area contributed by atoms with E-state index in [2.05, 4.69) is 6.58 Å². The summed E-state index contributed by atoms with van der Waals surface area (Å²) >= 11 is 0. The molecule has 1 aromatic carbocycles. The van der Waals surface area contributed by atoms with E-state index in [-0.39, 0.29) is 5.91 Å². The molecule has 0 aliphatic rings. The minimum absolute atomic E-state index is 0.0837. The molecule has 1 aromatic rings. The highest BCUT2D eigenvalue weighted by molar-refractivity contribution is 6.00. The minimum Gasteiger partial charge on any atom is -0.493 e. The van der Waals surface area contributed by atoms with E-state index < -0.39 is 0 Å². The lowest BCUT2D eigenvalue weighted by Crippen LogP contribution is -2.31. The van der Waals surface area contributed by atoms with E-state index in [4.69, 9.17) is 14.2 Å². The second-order valence-electron chi connectivity index (χ2n) is 4.65. The van der Waals surface area contributed by atoms with Crippen molar-refractivity contribution in [2.45, 2.75) is 20.3 Å². The number of hydrogen-bond donors (Lipinski definition) is 0. The Labute approximate surface area is 132 Å². The van der Waals surface area contributed by atoms with Crippen molar-refractivity contribution in [3.63, 3.8) is 0 Å². The number of carbonyl (C=O) groups excluding carboxylic acids is 1. The average molecular weight is 307 g/mol. The van der Waals surface area contributed by atoms with E-state index in [1.54, 1.807) is 24.2 Å². The van der Waals surface area contributed by atoms with Crippen LogP contribution in [-0.2, 0) is 6.42 Å². The number of methoxy groups -OCH3 is 3. The van der Waals surface area contributed by atoms with E-state index in [0.717, 1.165) is 5.56 Å². The molecule has 0 unspecified atom stereocenters. The molecule has 0 aliphatic carbocycles. The molecule has 0 atom stereocenters. The first-order valence-corrected chi connectivity index (χ1v) is 7.31. The lowest BCUT2D eigenvalue weighted by atomic mass is 10.00. The van der Waals surface area contributed by atoms with E-state index >= 15 is 0 Å². The largest absolute Gasteiger partial charge is 0.493 e. The van der Waals surface area contributed by atoms with Gasteiger partial charge in [-0.3, -0.25) is 4.79 Å². The summed E-state index contributed by atoms with van der Waals surface area (Å²) in [5, 5.41) is 0. The van der Waals surface area contributed by atoms with Gasteiger partial charge in [0.25, 0.3) is 5.91 Å². The molecule has 0 aliphatic heterocycles. The van der Waals surface area contributed by atoms with Crippen molar-refractivity contribution in [3.8, 4) is 17.2 Å². The Morgan fingerprint density at radius 3 is 2.14 bits per heavy atom. The smallest absolute Gasteiger partial charge is 0.258 e. The van der Waals surface area contributed by atoms with Crippen LogP contribution in [0.2, 0.25) is 0 Å². The van der Waals surface area contributed by atoms with Crippen molar-refractivity contribution in [2.75, 3.05) is 34.4 Å². The second kappa shape index (κ2) is 8.32. The van der Waals surface area contributed by atoms with Gasteiger partial charge in [0, 0.05) is 13.1 Å². The van der Waals surface area contributed by atoms with Crippen molar-refractivity contribution < 1.29 is 19.0 Å². The molecule has 122 valence electrons. The summed E-state index contributed by atoms with van der Waals surface area (Å²) in [5.41, 5.74) is 1.31. The van der Waals surface area contributed by atoms with Gasteiger partial charge in [-0.1, -0.05) is 6.08 Å². The topological polar surface area (TPSA) is 48.0 Å². The third-order valence-electron chi connectivity index (χ3n) is 3.54. The van der Waals surface area contributed by atoms with E-state index in [1.807, 2.05) is 13.8 Å². The molecule has 22 heavy (non-hydrogen) atoms. The zero-order valence-electron chi connectivity index (χ0n) is 14.1. The molecule has 0 heterocycles. The Bertz CT molecular complexity index is 536. The maximum absolute atomic E-state index is 12.9. The minimum atomic E-state index is -0.0837. The SMILES string of the molecule is C=CCc1cc(OC)c(OC)c(OC)c1C(=O)N(CC)CC. The molecular weight excluding hydrogens is 282 g/mol. The molecule has 0 N–H and O–H groups in total. The van der Waals surface area contributed by atoms with Gasteiger partial charge in [0.15, 0.2) is 11.5 Å². The highest BCUT2D eigenvalue weighted by Gasteiger charge is 2.27. The number of allylic oxidation sites excluding steroid dienone is 1. The maximum atomic E-state index is 12.9. The molecule has 0 fully saturated rings. The number of hydrogen-bond acceptors (Lipinski definition) is 4. The maximum Gasteiger partial charge on any atom is 0.258 e. The summed E-state index contributed by atoms with van der Waals surface area (Å²) in [6, 6.07) is 1.81. The Balaban J connectivity index is 3.63.